The molecule has 2 rings (SSSR count). The summed E-state index contributed by atoms with van der Waals surface area (Å²) in [6.45, 7) is 3.31. The molecule has 0 amide bonds. The Morgan fingerprint density at radius 2 is 2.50 bits per heavy atom. The molecule has 16 heavy (non-hydrogen) atoms. The third-order valence-corrected chi connectivity index (χ3v) is 4.26. The van der Waals surface area contributed by atoms with Gasteiger partial charge in [0.05, 0.1) is 0 Å². The maximum Gasteiger partial charge on any atom is 0.165 e. The fourth-order valence-corrected chi connectivity index (χ4v) is 3.45. The molecule has 90 valence electrons. The average molecular weight is 239 g/mol. The number of imidazole rings is 1. The first-order valence-electron chi connectivity index (χ1n) is 6.25. The number of aromatic amines is 1. The van der Waals surface area contributed by atoms with Gasteiger partial charge in [0, 0.05) is 24.2 Å². The van der Waals surface area contributed by atoms with Gasteiger partial charge in [0.2, 0.25) is 0 Å². The fraction of sp³-hybridized carbons (Fsp3) is 0.750. The monoisotopic (exact) mass is 239 g/mol. The van der Waals surface area contributed by atoms with Crippen molar-refractivity contribution in [2.75, 3.05) is 12.3 Å². The molecule has 1 aliphatic carbocycles. The maximum absolute atomic E-state index is 4.23. The number of thioether (sulfide) groups is 1. The summed E-state index contributed by atoms with van der Waals surface area (Å²) in [5, 5.41) is 4.66. The zero-order valence-electron chi connectivity index (χ0n) is 9.91. The van der Waals surface area contributed by atoms with Gasteiger partial charge in [-0.3, -0.25) is 0 Å². The Kier molecular flexibility index (Phi) is 4.72. The smallest absolute Gasteiger partial charge is 0.165 e. The summed E-state index contributed by atoms with van der Waals surface area (Å²) >= 11 is 1.84. The zero-order valence-corrected chi connectivity index (χ0v) is 10.7. The SMILES string of the molecule is CCNC1CCCC1CCSc1ncc[nH]1. The molecule has 0 aliphatic heterocycles. The molecule has 2 unspecified atom stereocenters. The predicted octanol–water partition coefficient (Wildman–Crippen LogP) is 2.67. The van der Waals surface area contributed by atoms with Crippen molar-refractivity contribution in [3.63, 3.8) is 0 Å². The average Bonchev–Trinajstić information content (AvgIpc) is 2.91. The van der Waals surface area contributed by atoms with Crippen LogP contribution in [0, 0.1) is 5.92 Å². The van der Waals surface area contributed by atoms with Gasteiger partial charge in [-0.2, -0.15) is 0 Å². The van der Waals surface area contributed by atoms with E-state index in [1.54, 1.807) is 0 Å². The Labute approximate surface area is 102 Å². The second-order valence-corrected chi connectivity index (χ2v) is 5.47. The topological polar surface area (TPSA) is 40.7 Å². The van der Waals surface area contributed by atoms with E-state index >= 15 is 0 Å². The number of aromatic nitrogens is 2. The van der Waals surface area contributed by atoms with Crippen molar-refractivity contribution in [3.05, 3.63) is 12.4 Å². The van der Waals surface area contributed by atoms with Gasteiger partial charge in [-0.25, -0.2) is 4.98 Å². The van der Waals surface area contributed by atoms with Crippen molar-refractivity contribution in [1.82, 2.24) is 15.3 Å². The van der Waals surface area contributed by atoms with E-state index in [0.29, 0.717) is 0 Å². The van der Waals surface area contributed by atoms with Crippen molar-refractivity contribution in [3.8, 4) is 0 Å². The Balaban J connectivity index is 1.69. The Morgan fingerprint density at radius 3 is 3.25 bits per heavy atom. The quantitative estimate of drug-likeness (QED) is 0.750. The number of hydrogen-bond donors (Lipinski definition) is 2. The van der Waals surface area contributed by atoms with Crippen LogP contribution in [0.3, 0.4) is 0 Å². The van der Waals surface area contributed by atoms with Crippen LogP contribution < -0.4 is 5.32 Å². The second kappa shape index (κ2) is 6.30. The Hall–Kier alpha value is -0.480. The first kappa shape index (κ1) is 12.0. The lowest BCUT2D eigenvalue weighted by atomic mass is 10.0. The van der Waals surface area contributed by atoms with Gasteiger partial charge in [0.1, 0.15) is 0 Å². The van der Waals surface area contributed by atoms with Crippen molar-refractivity contribution in [1.29, 1.82) is 0 Å². The van der Waals surface area contributed by atoms with Gasteiger partial charge < -0.3 is 10.3 Å². The minimum atomic E-state index is 0.766. The van der Waals surface area contributed by atoms with Gasteiger partial charge in [0.25, 0.3) is 0 Å². The molecule has 1 heterocycles. The zero-order chi connectivity index (χ0) is 11.2. The number of nitrogens with zero attached hydrogens (tertiary/aromatic N) is 1. The molecule has 1 fully saturated rings. The lowest BCUT2D eigenvalue weighted by Crippen LogP contribution is -2.32. The Bertz CT molecular complexity index is 286. The lowest BCUT2D eigenvalue weighted by Gasteiger charge is -2.19. The van der Waals surface area contributed by atoms with Crippen LogP contribution >= 0.6 is 11.8 Å². The van der Waals surface area contributed by atoms with Crippen LogP contribution in [-0.4, -0.2) is 28.3 Å². The van der Waals surface area contributed by atoms with Gasteiger partial charge in [-0.1, -0.05) is 25.1 Å². The Morgan fingerprint density at radius 1 is 1.56 bits per heavy atom. The van der Waals surface area contributed by atoms with Gasteiger partial charge in [-0.05, 0) is 31.7 Å². The molecule has 1 aromatic heterocycles. The first-order valence-corrected chi connectivity index (χ1v) is 7.24. The molecule has 4 heteroatoms. The highest BCUT2D eigenvalue weighted by Gasteiger charge is 2.25. The molecule has 0 aromatic carbocycles. The minimum Gasteiger partial charge on any atom is -0.340 e. The standard InChI is InChI=1S/C12H21N3S/c1-2-13-11-5-3-4-10(11)6-9-16-12-14-7-8-15-12/h7-8,10-11,13H,2-6,9H2,1H3,(H,14,15). The van der Waals surface area contributed by atoms with E-state index < -0.39 is 0 Å². The highest BCUT2D eigenvalue weighted by Crippen LogP contribution is 2.30. The summed E-state index contributed by atoms with van der Waals surface area (Å²) in [7, 11) is 0. The van der Waals surface area contributed by atoms with Crippen LogP contribution in [0.2, 0.25) is 0 Å². The van der Waals surface area contributed by atoms with Gasteiger partial charge in [-0.15, -0.1) is 0 Å². The number of rotatable bonds is 6. The normalized spacial score (nSPS) is 25.1. The summed E-state index contributed by atoms with van der Waals surface area (Å²) in [4.78, 5) is 7.36. The van der Waals surface area contributed by atoms with Crippen molar-refractivity contribution >= 4 is 11.8 Å². The third kappa shape index (κ3) is 3.25. The molecule has 0 spiro atoms. The van der Waals surface area contributed by atoms with Crippen molar-refractivity contribution in [2.24, 2.45) is 5.92 Å². The molecule has 1 saturated carbocycles. The largest absolute Gasteiger partial charge is 0.340 e. The van der Waals surface area contributed by atoms with Crippen LogP contribution in [0.4, 0.5) is 0 Å². The molecule has 1 aliphatic rings. The highest BCUT2D eigenvalue weighted by atomic mass is 32.2. The van der Waals surface area contributed by atoms with Crippen LogP contribution in [-0.2, 0) is 0 Å². The number of hydrogen-bond acceptors (Lipinski definition) is 3. The molecule has 2 N–H and O–H groups in total. The molecular formula is C12H21N3S. The summed E-state index contributed by atoms with van der Waals surface area (Å²) in [5.74, 6) is 2.06. The van der Waals surface area contributed by atoms with Gasteiger partial charge >= 0.3 is 0 Å². The van der Waals surface area contributed by atoms with E-state index in [4.69, 9.17) is 0 Å². The second-order valence-electron chi connectivity index (χ2n) is 4.39. The van der Waals surface area contributed by atoms with Crippen molar-refractivity contribution in [2.45, 2.75) is 43.8 Å². The molecule has 0 saturated heterocycles. The van der Waals surface area contributed by atoms with E-state index in [9.17, 15) is 0 Å². The van der Waals surface area contributed by atoms with E-state index in [2.05, 4.69) is 22.2 Å². The molecule has 1 aromatic rings. The first-order chi connectivity index (χ1) is 7.90. The molecule has 3 nitrogen and oxygen atoms in total. The van der Waals surface area contributed by atoms with Crippen LogP contribution in [0.25, 0.3) is 0 Å². The summed E-state index contributed by atoms with van der Waals surface area (Å²) in [5.41, 5.74) is 0. The highest BCUT2D eigenvalue weighted by molar-refractivity contribution is 7.99. The van der Waals surface area contributed by atoms with E-state index in [-0.39, 0.29) is 0 Å². The van der Waals surface area contributed by atoms with Crippen LogP contribution in [0.1, 0.15) is 32.6 Å². The minimum absolute atomic E-state index is 0.766. The molecular weight excluding hydrogens is 218 g/mol. The summed E-state index contributed by atoms with van der Waals surface area (Å²) < 4.78 is 0. The maximum atomic E-state index is 4.23. The molecule has 0 radical (unpaired) electrons. The predicted molar refractivity (Wildman–Crippen MR) is 68.7 cm³/mol. The molecule has 0 bridgehead atoms. The summed E-state index contributed by atoms with van der Waals surface area (Å²) in [6, 6.07) is 0.766. The number of H-pyrrole nitrogens is 1. The van der Waals surface area contributed by atoms with Crippen LogP contribution in [0.5, 0.6) is 0 Å². The fourth-order valence-electron chi connectivity index (χ4n) is 2.55. The third-order valence-electron chi connectivity index (χ3n) is 3.33. The van der Waals surface area contributed by atoms with Crippen molar-refractivity contribution < 1.29 is 0 Å². The lowest BCUT2D eigenvalue weighted by molar-refractivity contribution is 0.400. The van der Waals surface area contributed by atoms with E-state index in [0.717, 1.165) is 23.7 Å². The number of nitrogens with one attached hydrogen (secondary N) is 2. The van der Waals surface area contributed by atoms with Crippen LogP contribution in [0.15, 0.2) is 17.6 Å². The van der Waals surface area contributed by atoms with E-state index in [1.807, 2.05) is 24.2 Å². The van der Waals surface area contributed by atoms with Gasteiger partial charge in [0.15, 0.2) is 5.16 Å². The van der Waals surface area contributed by atoms with E-state index in [1.165, 1.54) is 31.4 Å². The molecule has 2 atom stereocenters. The summed E-state index contributed by atoms with van der Waals surface area (Å²) in [6.07, 6.45) is 9.18.